The lowest BCUT2D eigenvalue weighted by atomic mass is 10.1. The Hall–Kier alpha value is -2.06. The van der Waals surface area contributed by atoms with Gasteiger partial charge < -0.3 is 9.47 Å². The second kappa shape index (κ2) is 19.3. The third-order valence-corrected chi connectivity index (χ3v) is 11.3. The molecule has 222 valence electrons. The summed E-state index contributed by atoms with van der Waals surface area (Å²) in [6, 6.07) is 23.5. The summed E-state index contributed by atoms with van der Waals surface area (Å²) in [5, 5.41) is 19.3. The van der Waals surface area contributed by atoms with Gasteiger partial charge in [-0.05, 0) is 37.8 Å². The van der Waals surface area contributed by atoms with Gasteiger partial charge >= 0.3 is 11.9 Å². The van der Waals surface area contributed by atoms with Crippen LogP contribution in [-0.4, -0.2) is 54.5 Å². The lowest BCUT2D eigenvalue weighted by molar-refractivity contribution is -0.144. The van der Waals surface area contributed by atoms with Crippen molar-refractivity contribution in [3.05, 3.63) is 71.8 Å². The highest BCUT2D eigenvalue weighted by Gasteiger charge is 2.29. The van der Waals surface area contributed by atoms with E-state index in [0.717, 1.165) is 11.1 Å². The van der Waals surface area contributed by atoms with Crippen molar-refractivity contribution >= 4 is 89.9 Å². The van der Waals surface area contributed by atoms with Gasteiger partial charge in [0.2, 0.25) is 0 Å². The largest absolute Gasteiger partial charge is 0.465 e. The van der Waals surface area contributed by atoms with E-state index < -0.39 is 9.49 Å². The molecule has 0 aromatic heterocycles. The number of carbonyl (C=O) groups excluding carboxylic acids is 2. The number of esters is 2. The molecule has 2 atom stereocenters. The molecule has 0 heterocycles. The molecule has 0 spiro atoms. The normalized spacial score (nSPS) is 13.4. The summed E-state index contributed by atoms with van der Waals surface area (Å²) in [7, 11) is 3.04. The van der Waals surface area contributed by atoms with Crippen LogP contribution in [0.5, 0.6) is 0 Å². The maximum atomic E-state index is 12.2. The summed E-state index contributed by atoms with van der Waals surface area (Å²) in [5.74, 6) is 0.473. The van der Waals surface area contributed by atoms with E-state index in [2.05, 4.69) is 12.1 Å². The lowest BCUT2D eigenvalue weighted by Crippen LogP contribution is -2.22. The number of hydrogen-bond donors (Lipinski definition) is 0. The van der Waals surface area contributed by atoms with Crippen LogP contribution in [0.4, 0.5) is 0 Å². The smallest absolute Gasteiger partial charge is 0.305 e. The van der Waals surface area contributed by atoms with E-state index in [-0.39, 0.29) is 38.0 Å². The molecular formula is C30H32N2O4S6. The van der Waals surface area contributed by atoms with Gasteiger partial charge in [0.05, 0.1) is 20.5 Å². The van der Waals surface area contributed by atoms with Crippen LogP contribution >= 0.6 is 69.5 Å². The lowest BCUT2D eigenvalue weighted by Gasteiger charge is -2.21. The summed E-state index contributed by atoms with van der Waals surface area (Å²) < 4.78 is 10.2. The van der Waals surface area contributed by atoms with E-state index in [1.54, 1.807) is 13.8 Å². The van der Waals surface area contributed by atoms with Gasteiger partial charge in [-0.2, -0.15) is 10.5 Å². The highest BCUT2D eigenvalue weighted by atomic mass is 33.1. The summed E-state index contributed by atoms with van der Waals surface area (Å²) in [6.45, 7) is 4.07. The first kappa shape index (κ1) is 36.1. The number of benzene rings is 2. The van der Waals surface area contributed by atoms with Gasteiger partial charge in [0.15, 0.2) is 0 Å². The van der Waals surface area contributed by atoms with Crippen LogP contribution in [0.1, 0.15) is 50.7 Å². The van der Waals surface area contributed by atoms with Gasteiger partial charge in [0.25, 0.3) is 0 Å². The maximum absolute atomic E-state index is 12.2. The third kappa shape index (κ3) is 13.9. The number of nitriles is 2. The van der Waals surface area contributed by atoms with Gasteiger partial charge in [-0.15, -0.1) is 0 Å². The number of nitrogens with zero attached hydrogens (tertiary/aromatic N) is 2. The van der Waals surface area contributed by atoms with Crippen LogP contribution in [0.2, 0.25) is 0 Å². The Balaban J connectivity index is 1.54. The Kier molecular flexibility index (Phi) is 16.6. The maximum Gasteiger partial charge on any atom is 0.305 e. The van der Waals surface area contributed by atoms with Crippen molar-refractivity contribution in [2.24, 2.45) is 0 Å². The Morgan fingerprint density at radius 2 is 1.07 bits per heavy atom. The second-order valence-electron chi connectivity index (χ2n) is 9.28. The number of carbonyl (C=O) groups is 2. The number of ether oxygens (including phenoxy) is 2. The van der Waals surface area contributed by atoms with Gasteiger partial charge in [-0.25, -0.2) is 0 Å². The summed E-state index contributed by atoms with van der Waals surface area (Å²) in [4.78, 5) is 24.4. The van der Waals surface area contributed by atoms with Gasteiger partial charge in [-0.1, -0.05) is 130 Å². The number of thiocarbonyl (C=S) groups is 2. The Labute approximate surface area is 275 Å². The minimum Gasteiger partial charge on any atom is -0.465 e. The van der Waals surface area contributed by atoms with Crippen molar-refractivity contribution < 1.29 is 19.1 Å². The highest BCUT2D eigenvalue weighted by molar-refractivity contribution is 8.76. The second-order valence-corrected chi connectivity index (χ2v) is 16.3. The topological polar surface area (TPSA) is 100 Å². The number of rotatable bonds is 17. The van der Waals surface area contributed by atoms with Gasteiger partial charge in [0, 0.05) is 24.3 Å². The zero-order chi connectivity index (χ0) is 30.8. The summed E-state index contributed by atoms with van der Waals surface area (Å²) in [5.41, 5.74) is 1.76. The molecule has 0 fully saturated rings. The number of thioether (sulfide) groups is 2. The molecule has 6 nitrogen and oxygen atoms in total. The predicted octanol–water partition coefficient (Wildman–Crippen LogP) is 7.80. The molecule has 0 amide bonds. The van der Waals surface area contributed by atoms with Gasteiger partial charge in [-0.3, -0.25) is 9.59 Å². The van der Waals surface area contributed by atoms with Crippen molar-refractivity contribution in [2.45, 2.75) is 49.0 Å². The van der Waals surface area contributed by atoms with E-state index in [9.17, 15) is 20.1 Å². The van der Waals surface area contributed by atoms with Crippen LogP contribution in [-0.2, 0) is 19.1 Å². The predicted molar refractivity (Wildman–Crippen MR) is 185 cm³/mol. The average Bonchev–Trinajstić information content (AvgIpc) is 3.01. The first-order valence-electron chi connectivity index (χ1n) is 13.0. The first-order valence-corrected chi connectivity index (χ1v) is 18.0. The van der Waals surface area contributed by atoms with Crippen LogP contribution in [0.15, 0.2) is 60.7 Å². The van der Waals surface area contributed by atoms with E-state index >= 15 is 0 Å². The van der Waals surface area contributed by atoms with Crippen molar-refractivity contribution in [3.8, 4) is 12.1 Å². The van der Waals surface area contributed by atoms with Crippen LogP contribution in [0.3, 0.4) is 0 Å². The zero-order valence-electron chi connectivity index (χ0n) is 23.4. The molecule has 2 rings (SSSR count). The molecule has 0 aliphatic rings. The summed E-state index contributed by atoms with van der Waals surface area (Å²) in [6.07, 6.45) is 0.922. The van der Waals surface area contributed by atoms with Gasteiger partial charge in [0.1, 0.15) is 22.7 Å². The fourth-order valence-electron chi connectivity index (χ4n) is 3.26. The van der Waals surface area contributed by atoms with E-state index in [4.69, 9.17) is 33.9 Å². The fourth-order valence-corrected chi connectivity index (χ4v) is 8.11. The molecular weight excluding hydrogens is 645 g/mol. The zero-order valence-corrected chi connectivity index (χ0v) is 28.3. The van der Waals surface area contributed by atoms with Crippen molar-refractivity contribution in [1.29, 1.82) is 10.5 Å². The minimum atomic E-state index is -0.824. The molecule has 42 heavy (non-hydrogen) atoms. The molecule has 2 aromatic rings. The molecule has 0 aliphatic heterocycles. The first-order chi connectivity index (χ1) is 20.1. The van der Waals surface area contributed by atoms with E-state index in [1.807, 2.05) is 60.7 Å². The minimum absolute atomic E-state index is 0.129. The SMILES string of the molecule is CC(C#N)(CCC(=O)OCCSSCCOC(=O)CCC(C)(C#N)SC(=S)c1ccccc1)SC(=S)c1ccccc1. The molecule has 0 radical (unpaired) electrons. The molecule has 12 heteroatoms. The van der Waals surface area contributed by atoms with Crippen LogP contribution in [0.25, 0.3) is 0 Å². The monoisotopic (exact) mass is 676 g/mol. The van der Waals surface area contributed by atoms with Crippen LogP contribution in [0, 0.1) is 22.7 Å². The van der Waals surface area contributed by atoms with E-state index in [1.165, 1.54) is 45.1 Å². The van der Waals surface area contributed by atoms with Crippen molar-refractivity contribution in [2.75, 3.05) is 24.7 Å². The third-order valence-electron chi connectivity index (χ3n) is 5.68. The number of hydrogen-bond acceptors (Lipinski definition) is 12. The molecule has 0 N–H and O–H groups in total. The average molecular weight is 677 g/mol. The highest BCUT2D eigenvalue weighted by Crippen LogP contribution is 2.34. The molecule has 0 saturated carbocycles. The molecule has 2 aromatic carbocycles. The Morgan fingerprint density at radius 3 is 1.40 bits per heavy atom. The fraction of sp³-hybridized carbons (Fsp3) is 0.400. The molecule has 0 saturated heterocycles. The molecule has 2 unspecified atom stereocenters. The van der Waals surface area contributed by atoms with Crippen LogP contribution < -0.4 is 0 Å². The Bertz CT molecular complexity index is 1180. The van der Waals surface area contributed by atoms with Crippen molar-refractivity contribution in [1.82, 2.24) is 0 Å². The van der Waals surface area contributed by atoms with Crippen molar-refractivity contribution in [3.63, 3.8) is 0 Å². The Morgan fingerprint density at radius 1 is 0.714 bits per heavy atom. The quantitative estimate of drug-likeness (QED) is 0.0707. The standard InChI is InChI=1S/C30H32N2O4S6/c1-29(21-31,41-27(37)23-9-5-3-6-10-23)15-13-25(33)35-17-19-39-40-20-18-36-26(34)14-16-30(2,22-32)42-28(38)24-11-7-4-8-12-24/h3-12H,13-20H2,1-2H3. The summed E-state index contributed by atoms with van der Waals surface area (Å²) >= 11 is 13.5. The van der Waals surface area contributed by atoms with E-state index in [0.29, 0.717) is 32.7 Å². The molecule has 0 bridgehead atoms. The molecule has 0 aliphatic carbocycles.